The van der Waals surface area contributed by atoms with Crippen LogP contribution in [0.15, 0.2) is 33.7 Å². The van der Waals surface area contributed by atoms with Crippen LogP contribution in [-0.2, 0) is 21.4 Å². The van der Waals surface area contributed by atoms with Crippen LogP contribution in [0.4, 0.5) is 17.6 Å². The first kappa shape index (κ1) is 23.5. The summed E-state index contributed by atoms with van der Waals surface area (Å²) in [6, 6.07) is 3.87. The number of aliphatic imine (C=N–C) groups is 1. The highest BCUT2D eigenvalue weighted by Crippen LogP contribution is 2.44. The van der Waals surface area contributed by atoms with Crippen molar-refractivity contribution in [1.29, 1.82) is 0 Å². The molecule has 0 saturated carbocycles. The lowest BCUT2D eigenvalue weighted by atomic mass is 10.0. The van der Waals surface area contributed by atoms with Crippen molar-refractivity contribution >= 4 is 44.5 Å². The summed E-state index contributed by atoms with van der Waals surface area (Å²) in [5.41, 5.74) is 3.50. The average Bonchev–Trinajstić information content (AvgIpc) is 3.32. The molecule has 1 aliphatic rings. The van der Waals surface area contributed by atoms with Gasteiger partial charge in [-0.1, -0.05) is 11.6 Å². The number of rotatable bonds is 3. The van der Waals surface area contributed by atoms with Crippen molar-refractivity contribution in [1.82, 2.24) is 14.5 Å². The van der Waals surface area contributed by atoms with Gasteiger partial charge in [0.15, 0.2) is 0 Å². The van der Waals surface area contributed by atoms with Crippen molar-refractivity contribution < 1.29 is 26.2 Å². The predicted octanol–water partition coefficient (Wildman–Crippen LogP) is 4.38. The maximum absolute atomic E-state index is 13.9. The lowest BCUT2D eigenvalue weighted by Gasteiger charge is -2.36. The number of nitrogens with zero attached hydrogens (tertiary/aromatic N) is 4. The fourth-order valence-electron chi connectivity index (χ4n) is 3.34. The Hall–Kier alpha value is -2.64. The van der Waals surface area contributed by atoms with Gasteiger partial charge in [-0.15, -0.1) is 21.5 Å². The number of hydrogen-bond donors (Lipinski definition) is 1. The van der Waals surface area contributed by atoms with Gasteiger partial charge in [0.05, 0.1) is 35.8 Å². The molecule has 1 aliphatic heterocycles. The van der Waals surface area contributed by atoms with Crippen molar-refractivity contribution in [3.8, 4) is 22.2 Å². The molecule has 14 heteroatoms. The number of guanidine groups is 1. The minimum absolute atomic E-state index is 0.0152. The Morgan fingerprint density at radius 3 is 2.58 bits per heavy atom. The van der Waals surface area contributed by atoms with Gasteiger partial charge < -0.3 is 10.2 Å². The van der Waals surface area contributed by atoms with Gasteiger partial charge in [-0.2, -0.15) is 13.2 Å². The smallest absolute Gasteiger partial charge is 0.415 e. The molecule has 0 amide bonds. The second kappa shape index (κ2) is 7.71. The molecule has 0 fully saturated rings. The van der Waals surface area contributed by atoms with Crippen LogP contribution in [0.3, 0.4) is 0 Å². The summed E-state index contributed by atoms with van der Waals surface area (Å²) in [5, 5.41) is 7.99. The van der Waals surface area contributed by atoms with E-state index in [1.807, 2.05) is 0 Å². The summed E-state index contributed by atoms with van der Waals surface area (Å²) >= 11 is 7.58. The largest absolute Gasteiger partial charge is 0.419 e. The molecule has 0 bridgehead atoms. The number of nitrogens with two attached hydrogens (primary N) is 1. The highest BCUT2D eigenvalue weighted by molar-refractivity contribution is 7.98. The van der Waals surface area contributed by atoms with Gasteiger partial charge in [0, 0.05) is 12.6 Å². The van der Waals surface area contributed by atoms with Gasteiger partial charge in [0.2, 0.25) is 11.9 Å². The molecule has 7 nitrogen and oxygen atoms in total. The minimum Gasteiger partial charge on any atom is -0.415 e. The lowest BCUT2D eigenvalue weighted by molar-refractivity contribution is -0.139. The van der Waals surface area contributed by atoms with Crippen molar-refractivity contribution in [2.24, 2.45) is 10.7 Å². The standard InChI is InChI=1S/C19H16ClF4N5O2S2/c1-18(8-33(3,30)29(2)17(25)26-18)14-11(20)7-13(32-14)16-28-27-15(31-16)9-4-5-10(12(21)6-9)19(22,23)24/h4-7H,3,8H2,1-2H3,(H2,25,26)/t18-,33?/m0/s1. The molecule has 3 aromatic rings. The van der Waals surface area contributed by atoms with Crippen molar-refractivity contribution in [2.45, 2.75) is 18.6 Å². The van der Waals surface area contributed by atoms with E-state index in [1.54, 1.807) is 20.0 Å². The molecule has 2 aromatic heterocycles. The third-order valence-corrected chi connectivity index (χ3v) is 9.01. The Labute approximate surface area is 195 Å². The van der Waals surface area contributed by atoms with E-state index in [2.05, 4.69) is 21.1 Å². The molecule has 2 N–H and O–H groups in total. The first-order valence-electron chi connectivity index (χ1n) is 9.16. The van der Waals surface area contributed by atoms with Crippen LogP contribution in [-0.4, -0.2) is 43.3 Å². The van der Waals surface area contributed by atoms with Gasteiger partial charge >= 0.3 is 6.18 Å². The number of hydrogen-bond acceptors (Lipinski definition) is 7. The maximum Gasteiger partial charge on any atom is 0.419 e. The van der Waals surface area contributed by atoms with E-state index < -0.39 is 32.8 Å². The molecule has 3 heterocycles. The minimum atomic E-state index is -4.82. The monoisotopic (exact) mass is 521 g/mol. The molecule has 1 unspecified atom stereocenters. The number of alkyl halides is 3. The van der Waals surface area contributed by atoms with Crippen molar-refractivity contribution in [3.05, 3.63) is 45.5 Å². The van der Waals surface area contributed by atoms with Crippen LogP contribution in [0, 0.1) is 5.82 Å². The summed E-state index contributed by atoms with van der Waals surface area (Å²) in [5.74, 6) is 2.27. The molecule has 4 rings (SSSR count). The zero-order valence-electron chi connectivity index (χ0n) is 17.1. The number of aromatic nitrogens is 2. The van der Waals surface area contributed by atoms with Crippen LogP contribution < -0.4 is 5.73 Å². The van der Waals surface area contributed by atoms with Crippen LogP contribution in [0.5, 0.6) is 0 Å². The maximum atomic E-state index is 13.9. The molecular weight excluding hydrogens is 506 g/mol. The van der Waals surface area contributed by atoms with Crippen LogP contribution in [0.1, 0.15) is 17.4 Å². The third-order valence-electron chi connectivity index (χ3n) is 5.02. The van der Waals surface area contributed by atoms with Crippen molar-refractivity contribution in [3.63, 3.8) is 0 Å². The molecular formula is C19H16ClF4N5O2S2. The van der Waals surface area contributed by atoms with Gasteiger partial charge in [-0.25, -0.2) is 13.6 Å². The van der Waals surface area contributed by atoms with Crippen molar-refractivity contribution in [2.75, 3.05) is 12.8 Å². The van der Waals surface area contributed by atoms with E-state index in [0.29, 0.717) is 26.9 Å². The van der Waals surface area contributed by atoms with Gasteiger partial charge in [-0.05, 0) is 37.1 Å². The Morgan fingerprint density at radius 2 is 1.97 bits per heavy atom. The topological polar surface area (TPSA) is 97.6 Å². The van der Waals surface area contributed by atoms with Gasteiger partial charge in [0.1, 0.15) is 11.4 Å². The zero-order chi connectivity index (χ0) is 24.3. The molecule has 33 heavy (non-hydrogen) atoms. The third kappa shape index (κ3) is 4.20. The van der Waals surface area contributed by atoms with E-state index in [9.17, 15) is 21.8 Å². The molecule has 176 valence electrons. The summed E-state index contributed by atoms with van der Waals surface area (Å²) in [6.07, 6.45) is -4.82. The van der Waals surface area contributed by atoms with E-state index in [4.69, 9.17) is 21.8 Å². The molecule has 0 radical (unpaired) electrons. The quantitative estimate of drug-likeness (QED) is 0.407. The molecule has 0 saturated heterocycles. The first-order valence-corrected chi connectivity index (χ1v) is 12.2. The van der Waals surface area contributed by atoms with Crippen LogP contribution in [0.25, 0.3) is 22.2 Å². The number of benzene rings is 1. The second-order valence-corrected chi connectivity index (χ2v) is 11.4. The Bertz CT molecular complexity index is 1380. The van der Waals surface area contributed by atoms with Gasteiger partial charge in [0.25, 0.3) is 5.89 Å². The van der Waals surface area contributed by atoms with E-state index >= 15 is 0 Å². The van der Waals surface area contributed by atoms with Crippen LogP contribution in [0.2, 0.25) is 5.02 Å². The molecule has 0 aliphatic carbocycles. The Balaban J connectivity index is 1.69. The SMILES string of the molecule is C=S1(=O)C[C@@](C)(c2sc(-c3nnc(-c4ccc(C(F)(F)F)c(F)c4)o3)cc2Cl)N=C(N)N1C. The Morgan fingerprint density at radius 1 is 1.30 bits per heavy atom. The summed E-state index contributed by atoms with van der Waals surface area (Å²) in [4.78, 5) is 5.43. The van der Waals surface area contributed by atoms with E-state index in [1.165, 1.54) is 4.31 Å². The summed E-state index contributed by atoms with van der Waals surface area (Å²) in [7, 11) is -1.19. The lowest BCUT2D eigenvalue weighted by Crippen LogP contribution is -2.50. The van der Waals surface area contributed by atoms with Gasteiger partial charge in [-0.3, -0.25) is 4.31 Å². The van der Waals surface area contributed by atoms with Crippen LogP contribution >= 0.6 is 22.9 Å². The Kier molecular flexibility index (Phi) is 5.49. The van der Waals surface area contributed by atoms with E-state index in [-0.39, 0.29) is 29.1 Å². The van der Waals surface area contributed by atoms with E-state index in [0.717, 1.165) is 17.4 Å². The predicted molar refractivity (Wildman–Crippen MR) is 120 cm³/mol. The molecule has 2 atom stereocenters. The normalized spacial score (nSPS) is 23.6. The highest BCUT2D eigenvalue weighted by atomic mass is 35.5. The number of halogens is 5. The fourth-order valence-corrected chi connectivity index (χ4v) is 6.64. The second-order valence-electron chi connectivity index (χ2n) is 7.55. The first-order chi connectivity index (χ1) is 15.2. The summed E-state index contributed by atoms with van der Waals surface area (Å²) < 4.78 is 72.0. The molecule has 0 spiro atoms. The highest BCUT2D eigenvalue weighted by Gasteiger charge is 2.40. The molecule has 1 aromatic carbocycles. The zero-order valence-corrected chi connectivity index (χ0v) is 19.5. The fraction of sp³-hybridized carbons (Fsp3) is 0.263. The average molecular weight is 522 g/mol. The summed E-state index contributed by atoms with van der Waals surface area (Å²) in [6.45, 7) is 1.73. The number of thiophene rings is 1.